The number of hydrogen-bond acceptors (Lipinski definition) is 4. The quantitative estimate of drug-likeness (QED) is 0.576. The summed E-state index contributed by atoms with van der Waals surface area (Å²) in [7, 11) is 4.05. The van der Waals surface area contributed by atoms with Crippen molar-refractivity contribution in [3.63, 3.8) is 0 Å². The number of para-hydroxylation sites is 1. The van der Waals surface area contributed by atoms with Crippen LogP contribution in [-0.2, 0) is 4.79 Å². The fraction of sp³-hybridized carbons (Fsp3) is 0.320. The molecule has 6 heteroatoms. The van der Waals surface area contributed by atoms with E-state index >= 15 is 0 Å². The van der Waals surface area contributed by atoms with Crippen molar-refractivity contribution in [3.05, 3.63) is 72.7 Å². The maximum Gasteiger partial charge on any atom is 0.246 e. The van der Waals surface area contributed by atoms with Crippen molar-refractivity contribution in [2.24, 2.45) is 5.92 Å². The Labute approximate surface area is 183 Å². The molecule has 0 bridgehead atoms. The summed E-state index contributed by atoms with van der Waals surface area (Å²) in [6, 6.07) is 13.8. The summed E-state index contributed by atoms with van der Waals surface area (Å²) in [5.74, 6) is 0.592. The molecule has 1 aromatic carbocycles. The average Bonchev–Trinajstić information content (AvgIpc) is 3.24. The second kappa shape index (κ2) is 9.71. The van der Waals surface area contributed by atoms with Crippen LogP contribution in [0, 0.1) is 5.92 Å². The lowest BCUT2D eigenvalue weighted by Crippen LogP contribution is -2.37. The number of likely N-dealkylation sites (N-methyl/N-ethyl adjacent to an activating group) is 1. The molecular weight excluding hydrogens is 386 g/mol. The van der Waals surface area contributed by atoms with Crippen LogP contribution >= 0.6 is 0 Å². The van der Waals surface area contributed by atoms with Crippen LogP contribution < -0.4 is 0 Å². The molecule has 2 aromatic heterocycles. The Kier molecular flexibility index (Phi) is 6.57. The van der Waals surface area contributed by atoms with Gasteiger partial charge in [0.15, 0.2) is 0 Å². The Morgan fingerprint density at radius 1 is 1.16 bits per heavy atom. The van der Waals surface area contributed by atoms with E-state index < -0.39 is 0 Å². The second-order valence-corrected chi connectivity index (χ2v) is 8.25. The topological polar surface area (TPSA) is 54.3 Å². The highest BCUT2D eigenvalue weighted by Gasteiger charge is 2.19. The van der Waals surface area contributed by atoms with Gasteiger partial charge in [-0.2, -0.15) is 5.10 Å². The molecule has 0 aliphatic carbocycles. The van der Waals surface area contributed by atoms with E-state index in [4.69, 9.17) is 5.10 Å². The van der Waals surface area contributed by atoms with Gasteiger partial charge in [-0.3, -0.25) is 9.78 Å². The maximum atomic E-state index is 12.8. The van der Waals surface area contributed by atoms with Crippen LogP contribution in [0.15, 0.2) is 67.1 Å². The number of benzene rings is 1. The zero-order valence-electron chi connectivity index (χ0n) is 18.2. The molecular formula is C25H29N5O. The number of nitrogens with zero attached hydrogens (tertiary/aromatic N) is 5. The molecule has 4 rings (SSSR count). The van der Waals surface area contributed by atoms with Crippen molar-refractivity contribution >= 4 is 12.0 Å². The summed E-state index contributed by atoms with van der Waals surface area (Å²) in [5.41, 5.74) is 3.58. The van der Waals surface area contributed by atoms with E-state index in [1.807, 2.05) is 71.4 Å². The molecule has 3 aromatic rings. The van der Waals surface area contributed by atoms with Gasteiger partial charge in [0.25, 0.3) is 0 Å². The standard InChI is InChI=1S/C25H29N5O/c1-28-15-12-20(13-16-28)18-29(2)24(31)11-10-22-19-30(23-8-4-3-5-9-23)27-25(22)21-7-6-14-26-17-21/h3-11,14,17,19-20H,12-13,15-16,18H2,1-2H3. The monoisotopic (exact) mass is 415 g/mol. The van der Waals surface area contributed by atoms with Gasteiger partial charge in [-0.15, -0.1) is 0 Å². The minimum atomic E-state index is 0.0172. The number of rotatable bonds is 6. The van der Waals surface area contributed by atoms with Crippen molar-refractivity contribution < 1.29 is 4.79 Å². The lowest BCUT2D eigenvalue weighted by Gasteiger charge is -2.31. The second-order valence-electron chi connectivity index (χ2n) is 8.25. The van der Waals surface area contributed by atoms with Crippen LogP contribution in [-0.4, -0.2) is 64.2 Å². The summed E-state index contributed by atoms with van der Waals surface area (Å²) in [6.07, 6.45) is 11.3. The van der Waals surface area contributed by atoms with Gasteiger partial charge in [0.1, 0.15) is 5.69 Å². The van der Waals surface area contributed by atoms with E-state index in [0.29, 0.717) is 5.92 Å². The molecule has 1 saturated heterocycles. The molecule has 0 atom stereocenters. The van der Waals surface area contributed by atoms with E-state index in [1.54, 1.807) is 18.5 Å². The third kappa shape index (κ3) is 5.27. The van der Waals surface area contributed by atoms with Gasteiger partial charge in [-0.25, -0.2) is 4.68 Å². The highest BCUT2D eigenvalue weighted by Crippen LogP contribution is 2.24. The molecule has 0 spiro atoms. The fourth-order valence-corrected chi connectivity index (χ4v) is 3.96. The molecule has 160 valence electrons. The molecule has 0 saturated carbocycles. The third-order valence-electron chi connectivity index (χ3n) is 5.85. The number of carbonyl (C=O) groups excluding carboxylic acids is 1. The van der Waals surface area contributed by atoms with Crippen LogP contribution in [0.25, 0.3) is 23.0 Å². The van der Waals surface area contributed by atoms with Crippen LogP contribution in [0.2, 0.25) is 0 Å². The van der Waals surface area contributed by atoms with Crippen LogP contribution in [0.5, 0.6) is 0 Å². The highest BCUT2D eigenvalue weighted by atomic mass is 16.2. The van der Waals surface area contributed by atoms with Gasteiger partial charge in [0.05, 0.1) is 5.69 Å². The smallest absolute Gasteiger partial charge is 0.246 e. The molecule has 1 aliphatic rings. The predicted molar refractivity (Wildman–Crippen MR) is 124 cm³/mol. The minimum absolute atomic E-state index is 0.0172. The summed E-state index contributed by atoms with van der Waals surface area (Å²) >= 11 is 0. The first-order chi connectivity index (χ1) is 15.1. The normalized spacial score (nSPS) is 15.4. The Hall–Kier alpha value is -3.25. The summed E-state index contributed by atoms with van der Waals surface area (Å²) < 4.78 is 1.84. The fourth-order valence-electron chi connectivity index (χ4n) is 3.96. The number of hydrogen-bond donors (Lipinski definition) is 0. The van der Waals surface area contributed by atoms with Gasteiger partial charge < -0.3 is 9.80 Å². The van der Waals surface area contributed by atoms with Gasteiger partial charge in [-0.1, -0.05) is 18.2 Å². The molecule has 0 unspecified atom stereocenters. The number of pyridine rings is 1. The van der Waals surface area contributed by atoms with E-state index in [0.717, 1.165) is 55.0 Å². The average molecular weight is 416 g/mol. The first-order valence-electron chi connectivity index (χ1n) is 10.8. The summed E-state index contributed by atoms with van der Waals surface area (Å²) in [5, 5.41) is 4.77. The summed E-state index contributed by atoms with van der Waals surface area (Å²) in [4.78, 5) is 21.2. The molecule has 0 N–H and O–H groups in total. The maximum absolute atomic E-state index is 12.8. The van der Waals surface area contributed by atoms with Crippen molar-refractivity contribution in [2.75, 3.05) is 33.7 Å². The molecule has 1 amide bonds. The molecule has 1 aliphatic heterocycles. The Bertz CT molecular complexity index is 1020. The first-order valence-corrected chi connectivity index (χ1v) is 10.8. The number of likely N-dealkylation sites (tertiary alicyclic amines) is 1. The van der Waals surface area contributed by atoms with E-state index in [-0.39, 0.29) is 5.91 Å². The highest BCUT2D eigenvalue weighted by molar-refractivity contribution is 5.92. The minimum Gasteiger partial charge on any atom is -0.342 e. The van der Waals surface area contributed by atoms with Crippen molar-refractivity contribution in [2.45, 2.75) is 12.8 Å². The van der Waals surface area contributed by atoms with Gasteiger partial charge >= 0.3 is 0 Å². The number of carbonyl (C=O) groups is 1. The van der Waals surface area contributed by atoms with Gasteiger partial charge in [-0.05, 0) is 69.2 Å². The van der Waals surface area contributed by atoms with E-state index in [9.17, 15) is 4.79 Å². The van der Waals surface area contributed by atoms with E-state index in [2.05, 4.69) is 16.9 Å². The number of aromatic nitrogens is 3. The van der Waals surface area contributed by atoms with Crippen molar-refractivity contribution in [1.82, 2.24) is 24.6 Å². The largest absolute Gasteiger partial charge is 0.342 e. The molecule has 0 radical (unpaired) electrons. The van der Waals surface area contributed by atoms with Gasteiger partial charge in [0, 0.05) is 49.4 Å². The molecule has 3 heterocycles. The molecule has 1 fully saturated rings. The van der Waals surface area contributed by atoms with Crippen molar-refractivity contribution in [1.29, 1.82) is 0 Å². The lowest BCUT2D eigenvalue weighted by atomic mass is 9.96. The molecule has 31 heavy (non-hydrogen) atoms. The Balaban J connectivity index is 1.53. The van der Waals surface area contributed by atoms with Crippen molar-refractivity contribution in [3.8, 4) is 16.9 Å². The zero-order valence-corrected chi connectivity index (χ0v) is 18.2. The van der Waals surface area contributed by atoms with Crippen LogP contribution in [0.1, 0.15) is 18.4 Å². The van der Waals surface area contributed by atoms with E-state index in [1.165, 1.54) is 0 Å². The van der Waals surface area contributed by atoms with Crippen LogP contribution in [0.4, 0.5) is 0 Å². The number of amides is 1. The first kappa shape index (κ1) is 21.0. The third-order valence-corrected chi connectivity index (χ3v) is 5.85. The summed E-state index contributed by atoms with van der Waals surface area (Å²) in [6.45, 7) is 3.01. The van der Waals surface area contributed by atoms with Crippen LogP contribution in [0.3, 0.4) is 0 Å². The lowest BCUT2D eigenvalue weighted by molar-refractivity contribution is -0.125. The zero-order chi connectivity index (χ0) is 21.6. The molecule has 6 nitrogen and oxygen atoms in total. The SMILES string of the molecule is CN1CCC(CN(C)C(=O)C=Cc2cn(-c3ccccc3)nc2-c2cccnc2)CC1. The predicted octanol–water partition coefficient (Wildman–Crippen LogP) is 3.75. The Morgan fingerprint density at radius 3 is 2.65 bits per heavy atom. The number of piperidine rings is 1. The Morgan fingerprint density at radius 2 is 1.94 bits per heavy atom. The van der Waals surface area contributed by atoms with Gasteiger partial charge in [0.2, 0.25) is 5.91 Å².